The fraction of sp³-hybridized carbons (Fsp3) is 0.0500. The number of aryl methyl sites for hydroxylation is 1. The minimum atomic E-state index is -0.677. The van der Waals surface area contributed by atoms with Gasteiger partial charge in [-0.2, -0.15) is 0 Å². The van der Waals surface area contributed by atoms with Crippen molar-refractivity contribution in [2.24, 2.45) is 0 Å². The molecule has 0 aliphatic rings. The molecule has 0 unspecified atom stereocenters. The first-order chi connectivity index (χ1) is 13.9. The predicted molar refractivity (Wildman–Crippen MR) is 108 cm³/mol. The van der Waals surface area contributed by atoms with Crippen LogP contribution in [0.5, 0.6) is 0 Å². The summed E-state index contributed by atoms with van der Waals surface area (Å²) in [5, 5.41) is 11.5. The van der Waals surface area contributed by atoms with Crippen LogP contribution < -0.4 is 10.9 Å². The van der Waals surface area contributed by atoms with Crippen LogP contribution in [-0.2, 0) is 0 Å². The zero-order chi connectivity index (χ0) is 20.8. The molecule has 0 radical (unpaired) electrons. The van der Waals surface area contributed by atoms with Crippen molar-refractivity contribution < 1.29 is 14.5 Å². The Morgan fingerprint density at radius 2 is 1.72 bits per heavy atom. The average Bonchev–Trinajstić information content (AvgIpc) is 2.74. The van der Waals surface area contributed by atoms with E-state index in [0.717, 1.165) is 10.5 Å². The summed E-state index contributed by atoms with van der Waals surface area (Å²) in [6.07, 6.45) is 1.45. The number of carbonyl (C=O) groups excluding carboxylic acids is 2. The van der Waals surface area contributed by atoms with Gasteiger partial charge >= 0.3 is 0 Å². The Morgan fingerprint density at radius 3 is 2.38 bits per heavy atom. The maximum Gasteiger partial charge on any atom is 0.288 e. The fourth-order valence-electron chi connectivity index (χ4n) is 2.37. The van der Waals surface area contributed by atoms with Crippen LogP contribution in [-0.4, -0.2) is 21.7 Å². The lowest BCUT2D eigenvalue weighted by atomic mass is 10.2. The summed E-state index contributed by atoms with van der Waals surface area (Å²) < 4.78 is 0. The number of nitrogens with zero attached hydrogens (tertiary/aromatic N) is 2. The van der Waals surface area contributed by atoms with Crippen molar-refractivity contribution in [2.75, 3.05) is 0 Å². The van der Waals surface area contributed by atoms with Crippen molar-refractivity contribution in [1.82, 2.24) is 15.8 Å². The third kappa shape index (κ3) is 5.17. The lowest BCUT2D eigenvalue weighted by Crippen LogP contribution is -2.41. The Morgan fingerprint density at radius 1 is 1.00 bits per heavy atom. The highest BCUT2D eigenvalue weighted by Gasteiger charge is 2.19. The molecule has 2 aromatic carbocycles. The number of hydrogen-bond acceptors (Lipinski definition) is 6. The van der Waals surface area contributed by atoms with E-state index in [2.05, 4.69) is 15.8 Å². The zero-order valence-electron chi connectivity index (χ0n) is 15.3. The lowest BCUT2D eigenvalue weighted by Gasteiger charge is -2.08. The first-order valence-corrected chi connectivity index (χ1v) is 9.30. The summed E-state index contributed by atoms with van der Waals surface area (Å²) in [5.74, 6) is -1.27. The number of amides is 2. The fourth-order valence-corrected chi connectivity index (χ4v) is 3.27. The van der Waals surface area contributed by atoms with Gasteiger partial charge in [0, 0.05) is 22.7 Å². The minimum absolute atomic E-state index is 0.0475. The summed E-state index contributed by atoms with van der Waals surface area (Å²) in [4.78, 5) is 40.3. The predicted octanol–water partition coefficient (Wildman–Crippen LogP) is 3.52. The van der Waals surface area contributed by atoms with E-state index in [1.165, 1.54) is 42.2 Å². The van der Waals surface area contributed by atoms with E-state index in [9.17, 15) is 19.7 Å². The normalized spacial score (nSPS) is 10.2. The summed E-state index contributed by atoms with van der Waals surface area (Å²) in [6, 6.07) is 16.5. The Hall–Kier alpha value is -3.72. The van der Waals surface area contributed by atoms with E-state index < -0.39 is 16.7 Å². The number of rotatable bonds is 5. The van der Waals surface area contributed by atoms with Crippen LogP contribution in [0.1, 0.15) is 26.4 Å². The molecule has 1 heterocycles. The molecular formula is C20H16N4O4S. The van der Waals surface area contributed by atoms with Gasteiger partial charge in [0.2, 0.25) is 0 Å². The van der Waals surface area contributed by atoms with Gasteiger partial charge in [-0.15, -0.1) is 0 Å². The summed E-state index contributed by atoms with van der Waals surface area (Å²) in [6.45, 7) is 1.96. The molecule has 0 aliphatic carbocycles. The van der Waals surface area contributed by atoms with Gasteiger partial charge in [-0.3, -0.25) is 35.5 Å². The van der Waals surface area contributed by atoms with E-state index in [1.807, 2.05) is 31.2 Å². The molecule has 2 N–H and O–H groups in total. The third-order valence-corrected chi connectivity index (χ3v) is 4.93. The van der Waals surface area contributed by atoms with Gasteiger partial charge in [0.1, 0.15) is 5.69 Å². The molecule has 3 aromatic rings. The molecule has 9 heteroatoms. The Bertz CT molecular complexity index is 1060. The molecule has 3 rings (SSSR count). The molecule has 2 amide bonds. The van der Waals surface area contributed by atoms with Crippen molar-refractivity contribution >= 4 is 29.3 Å². The second-order valence-electron chi connectivity index (χ2n) is 5.98. The quantitative estimate of drug-likeness (QED) is 0.493. The second-order valence-corrected chi connectivity index (χ2v) is 7.09. The van der Waals surface area contributed by atoms with Crippen LogP contribution in [0.25, 0.3) is 0 Å². The van der Waals surface area contributed by atoms with Crippen molar-refractivity contribution in [1.29, 1.82) is 0 Å². The van der Waals surface area contributed by atoms with E-state index in [0.29, 0.717) is 4.90 Å². The number of hydrazine groups is 1. The van der Waals surface area contributed by atoms with Crippen molar-refractivity contribution in [3.05, 3.63) is 93.8 Å². The molecule has 146 valence electrons. The molecule has 0 atom stereocenters. The van der Waals surface area contributed by atoms with Gasteiger partial charge in [0.25, 0.3) is 17.5 Å². The van der Waals surface area contributed by atoms with Crippen molar-refractivity contribution in [3.63, 3.8) is 0 Å². The van der Waals surface area contributed by atoms with E-state index in [4.69, 9.17) is 0 Å². The second kappa shape index (κ2) is 8.98. The number of nitro benzene ring substituents is 1. The monoisotopic (exact) mass is 408 g/mol. The molecule has 0 saturated heterocycles. The molecule has 0 aliphatic heterocycles. The standard InChI is InChI=1S/C20H16N4O4S/c1-13-5-8-15(9-6-13)29-18-10-7-14(12-17(18)24(27)28)19(25)22-23-20(26)16-4-2-3-11-21-16/h2-12H,1H3,(H,22,25)(H,23,26). The van der Waals surface area contributed by atoms with E-state index in [-0.39, 0.29) is 16.9 Å². The molecule has 8 nitrogen and oxygen atoms in total. The molecule has 29 heavy (non-hydrogen) atoms. The van der Waals surface area contributed by atoms with Gasteiger partial charge in [-0.25, -0.2) is 0 Å². The van der Waals surface area contributed by atoms with Gasteiger partial charge < -0.3 is 0 Å². The van der Waals surface area contributed by atoms with E-state index >= 15 is 0 Å². The Balaban J connectivity index is 1.73. The maximum atomic E-state index is 12.3. The highest BCUT2D eigenvalue weighted by Crippen LogP contribution is 2.35. The first kappa shape index (κ1) is 20.0. The highest BCUT2D eigenvalue weighted by atomic mass is 32.2. The van der Waals surface area contributed by atoms with Crippen molar-refractivity contribution in [3.8, 4) is 0 Å². The third-order valence-electron chi connectivity index (χ3n) is 3.85. The Kier molecular flexibility index (Phi) is 6.20. The highest BCUT2D eigenvalue weighted by molar-refractivity contribution is 7.99. The van der Waals surface area contributed by atoms with Gasteiger partial charge in [-0.05, 0) is 43.3 Å². The van der Waals surface area contributed by atoms with Gasteiger partial charge in [-0.1, -0.05) is 35.5 Å². The molecule has 0 spiro atoms. The SMILES string of the molecule is Cc1ccc(Sc2ccc(C(=O)NNC(=O)c3ccccn3)cc2[N+](=O)[O-])cc1. The van der Waals surface area contributed by atoms with Gasteiger partial charge in [0.05, 0.1) is 9.82 Å². The van der Waals surface area contributed by atoms with Crippen LogP contribution in [0, 0.1) is 17.0 Å². The number of pyridine rings is 1. The molecule has 0 fully saturated rings. The number of carbonyl (C=O) groups is 2. The number of nitro groups is 1. The first-order valence-electron chi connectivity index (χ1n) is 8.49. The van der Waals surface area contributed by atoms with Crippen LogP contribution in [0.2, 0.25) is 0 Å². The molecular weight excluding hydrogens is 392 g/mol. The molecule has 0 saturated carbocycles. The summed E-state index contributed by atoms with van der Waals surface area (Å²) in [7, 11) is 0. The number of hydrogen-bond donors (Lipinski definition) is 2. The molecule has 0 bridgehead atoms. The van der Waals surface area contributed by atoms with Crippen LogP contribution in [0.4, 0.5) is 5.69 Å². The number of aromatic nitrogens is 1. The lowest BCUT2D eigenvalue weighted by molar-refractivity contribution is -0.387. The smallest absolute Gasteiger partial charge is 0.267 e. The summed E-state index contributed by atoms with van der Waals surface area (Å²) >= 11 is 1.24. The average molecular weight is 408 g/mol. The Labute approximate surface area is 170 Å². The van der Waals surface area contributed by atoms with E-state index in [1.54, 1.807) is 12.1 Å². The van der Waals surface area contributed by atoms with Crippen LogP contribution in [0.3, 0.4) is 0 Å². The van der Waals surface area contributed by atoms with Crippen molar-refractivity contribution in [2.45, 2.75) is 16.7 Å². The largest absolute Gasteiger partial charge is 0.288 e. The minimum Gasteiger partial charge on any atom is -0.267 e. The van der Waals surface area contributed by atoms with Crippen LogP contribution in [0.15, 0.2) is 76.7 Å². The number of nitrogens with one attached hydrogen (secondary N) is 2. The van der Waals surface area contributed by atoms with Gasteiger partial charge in [0.15, 0.2) is 0 Å². The van der Waals surface area contributed by atoms with Crippen LogP contribution >= 0.6 is 11.8 Å². The maximum absolute atomic E-state index is 12.3. The summed E-state index contributed by atoms with van der Waals surface area (Å²) in [5.41, 5.74) is 5.53. The number of benzene rings is 2. The zero-order valence-corrected chi connectivity index (χ0v) is 16.1. The topological polar surface area (TPSA) is 114 Å². The molecule has 1 aromatic heterocycles.